The second-order valence-electron chi connectivity index (χ2n) is 16.6. The van der Waals surface area contributed by atoms with Crippen LogP contribution in [0.5, 0.6) is 5.75 Å². The molecule has 2 heterocycles. The van der Waals surface area contributed by atoms with E-state index in [-0.39, 0.29) is 54.6 Å². The molecule has 14 heteroatoms. The summed E-state index contributed by atoms with van der Waals surface area (Å²) >= 11 is 0. The van der Waals surface area contributed by atoms with Crippen molar-refractivity contribution in [3.8, 4) is 39.1 Å². The minimum Gasteiger partial charge on any atom is -0.497 e. The number of aromatic nitrogens is 2. The van der Waals surface area contributed by atoms with Gasteiger partial charge >= 0.3 is 0 Å². The highest BCUT2D eigenvalue weighted by molar-refractivity contribution is 7.90. The third-order valence-corrected chi connectivity index (χ3v) is 15.6. The number of hydrogen-bond donors (Lipinski definition) is 0. The zero-order valence-electron chi connectivity index (χ0n) is 37.2. The Balaban J connectivity index is 1.08. The van der Waals surface area contributed by atoms with Gasteiger partial charge in [0.15, 0.2) is 0 Å². The van der Waals surface area contributed by atoms with Crippen LogP contribution in [0, 0.1) is 0 Å². The fourth-order valence-electron chi connectivity index (χ4n) is 8.83. The molecule has 69 heavy (non-hydrogen) atoms. The van der Waals surface area contributed by atoms with E-state index in [4.69, 9.17) is 4.74 Å². The molecular formula is C55H39N3O9S2. The molecule has 340 valence electrons. The standard InChI is InChI=1S/C55H39N3O9S2/c1-56(2)40-18-10-16-38(27-40)44-30-48(59)55(62)51-47(33-57(52(44)51)68(63,64)42-20-8-5-9-21-42)36-25-23-34(24-26-36)37-15-12-22-43(29-37)69(65,66)58-32-46(35-13-6-4-7-14-35)50-53(58)45(31-49(60)54(50)61)39-17-11-19-41(28-39)67-3/h4-33H,1-3H3. The zero-order valence-corrected chi connectivity index (χ0v) is 38.8. The van der Waals surface area contributed by atoms with E-state index in [1.54, 1.807) is 121 Å². The maximum absolute atomic E-state index is 15.0. The molecule has 0 spiro atoms. The molecule has 2 aliphatic carbocycles. The number of allylic oxidation sites excluding steroid dienone is 2. The lowest BCUT2D eigenvalue weighted by atomic mass is 9.87. The van der Waals surface area contributed by atoms with Crippen molar-refractivity contribution in [2.45, 2.75) is 9.79 Å². The zero-order chi connectivity index (χ0) is 48.4. The van der Waals surface area contributed by atoms with Crippen molar-refractivity contribution in [2.75, 3.05) is 26.1 Å². The highest BCUT2D eigenvalue weighted by atomic mass is 32.2. The number of nitrogens with zero attached hydrogens (tertiary/aromatic N) is 3. The largest absolute Gasteiger partial charge is 0.497 e. The molecule has 0 radical (unpaired) electrons. The number of ether oxygens (including phenoxy) is 1. The minimum atomic E-state index is -4.49. The summed E-state index contributed by atoms with van der Waals surface area (Å²) in [7, 11) is -3.61. The van der Waals surface area contributed by atoms with E-state index in [1.165, 1.54) is 49.8 Å². The van der Waals surface area contributed by atoms with Crippen molar-refractivity contribution < 1.29 is 40.8 Å². The fraction of sp³-hybridized carbons (Fsp3) is 0.0545. The number of Topliss-reactive ketones (excluding diaryl/α,β-unsaturated/α-hetero) is 2. The Bertz CT molecular complexity index is 3770. The van der Waals surface area contributed by atoms with E-state index in [0.717, 1.165) is 19.7 Å². The van der Waals surface area contributed by atoms with Crippen LogP contribution in [0.2, 0.25) is 0 Å². The van der Waals surface area contributed by atoms with Crippen molar-refractivity contribution in [3.63, 3.8) is 0 Å². The summed E-state index contributed by atoms with van der Waals surface area (Å²) in [5.41, 5.74) is 4.75. The topological polar surface area (TPSA) is 159 Å². The molecule has 0 unspecified atom stereocenters. The van der Waals surface area contributed by atoms with E-state index in [1.807, 2.05) is 31.1 Å². The Kier molecular flexibility index (Phi) is 10.9. The summed E-state index contributed by atoms with van der Waals surface area (Å²) < 4.78 is 66.6. The van der Waals surface area contributed by atoms with Crippen LogP contribution in [0.15, 0.2) is 192 Å². The number of benzene rings is 6. The van der Waals surface area contributed by atoms with E-state index in [9.17, 15) is 27.6 Å². The molecule has 6 aromatic carbocycles. The van der Waals surface area contributed by atoms with Crippen molar-refractivity contribution >= 4 is 60.0 Å². The quantitative estimate of drug-likeness (QED) is 0.114. The molecule has 2 aromatic heterocycles. The van der Waals surface area contributed by atoms with Crippen LogP contribution >= 0.6 is 0 Å². The van der Waals surface area contributed by atoms with Crippen LogP contribution in [-0.4, -0.2) is 69.1 Å². The first-order chi connectivity index (χ1) is 33.2. The summed E-state index contributed by atoms with van der Waals surface area (Å²) in [4.78, 5) is 56.4. The SMILES string of the molecule is COc1cccc(C2=CC(=O)C(=O)c3c(-c4ccccc4)cn(S(=O)(=O)c4cccc(-c5ccc(-c6cn(S(=O)(=O)c7ccccc7)c7c6C(=O)C(=O)C=C7c6cccc(N(C)C)c6)cc5)c4)c32)c1. The van der Waals surface area contributed by atoms with Crippen LogP contribution in [0.3, 0.4) is 0 Å². The number of carbonyl (C=O) groups excluding carboxylic acids is 4. The van der Waals surface area contributed by atoms with Gasteiger partial charge in [0.2, 0.25) is 23.1 Å². The average Bonchev–Trinajstić information content (AvgIpc) is 3.99. The molecule has 10 rings (SSSR count). The second-order valence-corrected chi connectivity index (χ2v) is 20.2. The molecule has 0 bridgehead atoms. The van der Waals surface area contributed by atoms with Crippen molar-refractivity contribution in [1.29, 1.82) is 0 Å². The van der Waals surface area contributed by atoms with E-state index >= 15 is 8.42 Å². The minimum absolute atomic E-state index is 0.0189. The summed E-state index contributed by atoms with van der Waals surface area (Å²) in [6.45, 7) is 0. The number of fused-ring (bicyclic) bond motifs is 2. The maximum atomic E-state index is 15.0. The Morgan fingerprint density at radius 3 is 1.46 bits per heavy atom. The second kappa shape index (κ2) is 17.0. The predicted molar refractivity (Wildman–Crippen MR) is 263 cm³/mol. The van der Waals surface area contributed by atoms with Crippen molar-refractivity contribution in [3.05, 3.63) is 216 Å². The maximum Gasteiger partial charge on any atom is 0.268 e. The average molecular weight is 950 g/mol. The normalized spacial score (nSPS) is 13.7. The van der Waals surface area contributed by atoms with Gasteiger partial charge in [-0.05, 0) is 94.1 Å². The van der Waals surface area contributed by atoms with E-state index in [0.29, 0.717) is 39.1 Å². The Morgan fingerprint density at radius 1 is 0.449 bits per heavy atom. The molecule has 12 nitrogen and oxygen atoms in total. The number of carbonyl (C=O) groups is 4. The van der Waals surface area contributed by atoms with Gasteiger partial charge in [-0.3, -0.25) is 19.2 Å². The molecule has 0 atom stereocenters. The number of rotatable bonds is 11. The van der Waals surface area contributed by atoms with Gasteiger partial charge in [-0.15, -0.1) is 0 Å². The lowest BCUT2D eigenvalue weighted by Gasteiger charge is -2.20. The van der Waals surface area contributed by atoms with Crippen molar-refractivity contribution in [1.82, 2.24) is 7.94 Å². The smallest absolute Gasteiger partial charge is 0.268 e. The summed E-state index contributed by atoms with van der Waals surface area (Å²) in [5.74, 6) is -2.85. The Morgan fingerprint density at radius 2 is 0.899 bits per heavy atom. The lowest BCUT2D eigenvalue weighted by Crippen LogP contribution is -2.23. The predicted octanol–water partition coefficient (Wildman–Crippen LogP) is 9.23. The number of ketones is 4. The molecule has 2 aliphatic rings. The first kappa shape index (κ1) is 44.4. The van der Waals surface area contributed by atoms with Gasteiger partial charge in [0.25, 0.3) is 20.0 Å². The van der Waals surface area contributed by atoms with Gasteiger partial charge in [0, 0.05) is 54.4 Å². The first-order valence-corrected chi connectivity index (χ1v) is 24.4. The first-order valence-electron chi connectivity index (χ1n) is 21.5. The molecule has 0 fully saturated rings. The Hall–Kier alpha value is -8.46. The van der Waals surface area contributed by atoms with E-state index < -0.39 is 43.2 Å². The number of methoxy groups -OCH3 is 1. The van der Waals surface area contributed by atoms with Crippen LogP contribution in [0.1, 0.15) is 43.2 Å². The molecule has 0 N–H and O–H groups in total. The highest BCUT2D eigenvalue weighted by Crippen LogP contribution is 2.43. The molecular weight excluding hydrogens is 911 g/mol. The number of hydrogen-bond acceptors (Lipinski definition) is 10. The Labute approximate surface area is 397 Å². The summed E-state index contributed by atoms with van der Waals surface area (Å²) in [5, 5.41) is 0. The molecule has 0 saturated heterocycles. The van der Waals surface area contributed by atoms with Gasteiger partial charge < -0.3 is 9.64 Å². The number of anilines is 1. The van der Waals surface area contributed by atoms with Crippen LogP contribution < -0.4 is 9.64 Å². The third-order valence-electron chi connectivity index (χ3n) is 12.3. The molecule has 0 saturated carbocycles. The summed E-state index contributed by atoms with van der Waals surface area (Å²) in [6, 6.07) is 43.6. The van der Waals surface area contributed by atoms with Gasteiger partial charge in [0.05, 0.1) is 39.4 Å². The monoisotopic (exact) mass is 949 g/mol. The fourth-order valence-corrected chi connectivity index (χ4v) is 11.7. The molecule has 0 amide bonds. The lowest BCUT2D eigenvalue weighted by molar-refractivity contribution is -0.111. The van der Waals surface area contributed by atoms with Gasteiger partial charge in [-0.1, -0.05) is 109 Å². The van der Waals surface area contributed by atoms with Crippen molar-refractivity contribution in [2.24, 2.45) is 0 Å². The van der Waals surface area contributed by atoms with Crippen LogP contribution in [-0.2, 0) is 29.6 Å². The van der Waals surface area contributed by atoms with Gasteiger partial charge in [-0.2, -0.15) is 0 Å². The molecule has 8 aromatic rings. The summed E-state index contributed by atoms with van der Waals surface area (Å²) in [6.07, 6.45) is 5.08. The van der Waals surface area contributed by atoms with Gasteiger partial charge in [0.1, 0.15) is 5.75 Å². The van der Waals surface area contributed by atoms with Crippen LogP contribution in [0.4, 0.5) is 5.69 Å². The van der Waals surface area contributed by atoms with Crippen LogP contribution in [0.25, 0.3) is 44.5 Å². The third kappa shape index (κ3) is 7.55. The highest BCUT2D eigenvalue weighted by Gasteiger charge is 2.39. The van der Waals surface area contributed by atoms with Gasteiger partial charge in [-0.25, -0.2) is 24.8 Å². The molecule has 0 aliphatic heterocycles. The van der Waals surface area contributed by atoms with E-state index in [2.05, 4.69) is 0 Å².